The molecule has 0 unspecified atom stereocenters. The van der Waals surface area contributed by atoms with E-state index in [0.29, 0.717) is 6.42 Å². The number of benzene rings is 2. The van der Waals surface area contributed by atoms with Gasteiger partial charge in [-0.1, -0.05) is 54.6 Å². The fourth-order valence-corrected chi connectivity index (χ4v) is 4.56. The van der Waals surface area contributed by atoms with Gasteiger partial charge in [-0.3, -0.25) is 4.79 Å². The summed E-state index contributed by atoms with van der Waals surface area (Å²) in [5.41, 5.74) is 4.61. The third-order valence-electron chi connectivity index (χ3n) is 5.21. The van der Waals surface area contributed by atoms with Crippen molar-refractivity contribution in [3.63, 3.8) is 0 Å². The van der Waals surface area contributed by atoms with Gasteiger partial charge in [-0.15, -0.1) is 11.3 Å². The molecule has 2 N–H and O–H groups in total. The monoisotopic (exact) mass is 407 g/mol. The average Bonchev–Trinajstić information content (AvgIpc) is 3.35. The van der Waals surface area contributed by atoms with Crippen LogP contribution in [0, 0.1) is 5.92 Å². The molecular formula is C23H21NO4S. The molecule has 0 aliphatic heterocycles. The third-order valence-corrected chi connectivity index (χ3v) is 6.11. The van der Waals surface area contributed by atoms with Gasteiger partial charge in [0.15, 0.2) is 0 Å². The number of amides is 1. The number of thiophene rings is 1. The molecule has 3 aromatic rings. The first-order chi connectivity index (χ1) is 14.1. The Morgan fingerprint density at radius 3 is 2.24 bits per heavy atom. The Morgan fingerprint density at radius 1 is 1.00 bits per heavy atom. The molecule has 1 atom stereocenters. The highest BCUT2D eigenvalue weighted by molar-refractivity contribution is 7.09. The maximum atomic E-state index is 12.2. The van der Waals surface area contributed by atoms with Crippen molar-refractivity contribution in [1.82, 2.24) is 5.32 Å². The Balaban J connectivity index is 1.37. The van der Waals surface area contributed by atoms with Crippen LogP contribution in [0.5, 0.6) is 0 Å². The quantitative estimate of drug-likeness (QED) is 0.603. The molecular weight excluding hydrogens is 386 g/mol. The lowest BCUT2D eigenvalue weighted by Crippen LogP contribution is -2.34. The van der Waals surface area contributed by atoms with Crippen molar-refractivity contribution in [2.45, 2.75) is 12.3 Å². The second-order valence-electron chi connectivity index (χ2n) is 7.03. The Bertz CT molecular complexity index is 970. The second-order valence-corrected chi connectivity index (χ2v) is 8.06. The summed E-state index contributed by atoms with van der Waals surface area (Å²) in [6, 6.07) is 20.0. The summed E-state index contributed by atoms with van der Waals surface area (Å²) < 4.78 is 5.46. The van der Waals surface area contributed by atoms with E-state index < -0.39 is 18.0 Å². The highest BCUT2D eigenvalue weighted by Crippen LogP contribution is 2.44. The van der Waals surface area contributed by atoms with Gasteiger partial charge in [0.25, 0.3) is 0 Å². The molecule has 1 aromatic heterocycles. The van der Waals surface area contributed by atoms with E-state index in [-0.39, 0.29) is 19.1 Å². The summed E-state index contributed by atoms with van der Waals surface area (Å²) in [7, 11) is 0. The first-order valence-corrected chi connectivity index (χ1v) is 10.4. The lowest BCUT2D eigenvalue weighted by atomic mass is 9.98. The van der Waals surface area contributed by atoms with Gasteiger partial charge in [0, 0.05) is 17.3 Å². The standard InChI is InChI=1S/C23H21NO4S/c25-22(26)15(12-16-6-5-11-29-16)13-24-23(27)28-14-21-19-9-3-1-7-17(19)18-8-2-4-10-20(18)21/h1-11,15,21H,12-14H2,(H,24,27)(H,25,26)/t15-/m1/s1. The van der Waals surface area contributed by atoms with E-state index >= 15 is 0 Å². The largest absolute Gasteiger partial charge is 0.481 e. The van der Waals surface area contributed by atoms with Crippen LogP contribution in [0.1, 0.15) is 21.9 Å². The van der Waals surface area contributed by atoms with Gasteiger partial charge >= 0.3 is 12.1 Å². The molecule has 0 fully saturated rings. The molecule has 5 nitrogen and oxygen atoms in total. The number of fused-ring (bicyclic) bond motifs is 3. The lowest BCUT2D eigenvalue weighted by molar-refractivity contribution is -0.141. The van der Waals surface area contributed by atoms with Crippen molar-refractivity contribution in [1.29, 1.82) is 0 Å². The fourth-order valence-electron chi connectivity index (χ4n) is 3.77. The van der Waals surface area contributed by atoms with Crippen LogP contribution in [0.4, 0.5) is 4.79 Å². The molecule has 1 heterocycles. The Labute approximate surface area is 173 Å². The maximum absolute atomic E-state index is 12.2. The number of aliphatic carboxylic acids is 1. The predicted molar refractivity (Wildman–Crippen MR) is 112 cm³/mol. The van der Waals surface area contributed by atoms with E-state index in [0.717, 1.165) is 16.0 Å². The van der Waals surface area contributed by atoms with Crippen LogP contribution in [-0.4, -0.2) is 30.3 Å². The summed E-state index contributed by atoms with van der Waals surface area (Å²) in [6.07, 6.45) is -0.208. The van der Waals surface area contributed by atoms with Gasteiger partial charge in [-0.05, 0) is 40.1 Å². The smallest absolute Gasteiger partial charge is 0.407 e. The summed E-state index contributed by atoms with van der Waals surface area (Å²) in [5, 5.41) is 13.9. The summed E-state index contributed by atoms with van der Waals surface area (Å²) >= 11 is 1.51. The van der Waals surface area contributed by atoms with E-state index in [4.69, 9.17) is 4.74 Å². The second kappa shape index (κ2) is 8.49. The molecule has 29 heavy (non-hydrogen) atoms. The molecule has 1 aliphatic carbocycles. The number of carbonyl (C=O) groups is 2. The van der Waals surface area contributed by atoms with Crippen LogP contribution >= 0.6 is 11.3 Å². The van der Waals surface area contributed by atoms with Gasteiger partial charge in [-0.25, -0.2) is 4.79 Å². The van der Waals surface area contributed by atoms with Crippen LogP contribution in [0.15, 0.2) is 66.0 Å². The minimum absolute atomic E-state index is 0.0189. The highest BCUT2D eigenvalue weighted by Gasteiger charge is 2.29. The van der Waals surface area contributed by atoms with Crippen LogP contribution in [0.25, 0.3) is 11.1 Å². The molecule has 2 aromatic carbocycles. The van der Waals surface area contributed by atoms with Crippen molar-refractivity contribution in [3.05, 3.63) is 82.0 Å². The molecule has 1 amide bonds. The SMILES string of the molecule is O=C(NC[C@@H](Cc1cccs1)C(=O)O)OCC1c2ccccc2-c2ccccc21. The number of hydrogen-bond acceptors (Lipinski definition) is 4. The van der Waals surface area contributed by atoms with Gasteiger partial charge in [0.2, 0.25) is 0 Å². The van der Waals surface area contributed by atoms with Crippen molar-refractivity contribution in [2.75, 3.05) is 13.2 Å². The summed E-state index contributed by atoms with van der Waals surface area (Å²) in [5.74, 6) is -1.64. The van der Waals surface area contributed by atoms with Crippen LogP contribution in [0.3, 0.4) is 0 Å². The van der Waals surface area contributed by atoms with Crippen molar-refractivity contribution in [3.8, 4) is 11.1 Å². The number of ether oxygens (including phenoxy) is 1. The van der Waals surface area contributed by atoms with E-state index in [9.17, 15) is 14.7 Å². The van der Waals surface area contributed by atoms with E-state index in [1.54, 1.807) is 0 Å². The number of carboxylic acids is 1. The van der Waals surface area contributed by atoms with Gasteiger partial charge in [0.1, 0.15) is 6.61 Å². The molecule has 6 heteroatoms. The summed E-state index contributed by atoms with van der Waals surface area (Å²) in [4.78, 5) is 24.7. The van der Waals surface area contributed by atoms with E-state index in [1.165, 1.54) is 22.5 Å². The van der Waals surface area contributed by atoms with Gasteiger partial charge in [-0.2, -0.15) is 0 Å². The third kappa shape index (κ3) is 4.17. The Hall–Kier alpha value is -3.12. The molecule has 0 saturated carbocycles. The normalized spacial score (nSPS) is 13.4. The van der Waals surface area contributed by atoms with Gasteiger partial charge in [0.05, 0.1) is 5.92 Å². The maximum Gasteiger partial charge on any atom is 0.407 e. The first-order valence-electron chi connectivity index (χ1n) is 9.47. The minimum Gasteiger partial charge on any atom is -0.481 e. The zero-order chi connectivity index (χ0) is 20.2. The van der Waals surface area contributed by atoms with Crippen molar-refractivity contribution in [2.24, 2.45) is 5.92 Å². The topological polar surface area (TPSA) is 75.6 Å². The fraction of sp³-hybridized carbons (Fsp3) is 0.217. The lowest BCUT2D eigenvalue weighted by Gasteiger charge is -2.16. The molecule has 0 bridgehead atoms. The number of rotatable bonds is 7. The predicted octanol–water partition coefficient (Wildman–Crippen LogP) is 4.53. The van der Waals surface area contributed by atoms with Crippen LogP contribution < -0.4 is 5.32 Å². The summed E-state index contributed by atoms with van der Waals surface area (Å²) in [6.45, 7) is 0.242. The molecule has 1 aliphatic rings. The molecule has 148 valence electrons. The zero-order valence-electron chi connectivity index (χ0n) is 15.7. The number of hydrogen-bond donors (Lipinski definition) is 2. The molecule has 0 spiro atoms. The number of carbonyl (C=O) groups excluding carboxylic acids is 1. The molecule has 0 radical (unpaired) electrons. The minimum atomic E-state index is -0.933. The van der Waals surface area contributed by atoms with E-state index in [2.05, 4.69) is 29.6 Å². The first kappa shape index (κ1) is 19.2. The average molecular weight is 407 g/mol. The zero-order valence-corrected chi connectivity index (χ0v) is 16.5. The number of carboxylic acid groups (broad SMARTS) is 1. The molecule has 0 saturated heterocycles. The Kier molecular flexibility index (Phi) is 5.62. The van der Waals surface area contributed by atoms with Crippen molar-refractivity contribution < 1.29 is 19.4 Å². The van der Waals surface area contributed by atoms with Crippen LogP contribution in [0.2, 0.25) is 0 Å². The van der Waals surface area contributed by atoms with E-state index in [1.807, 2.05) is 41.8 Å². The molecule has 4 rings (SSSR count). The number of nitrogens with one attached hydrogen (secondary N) is 1. The van der Waals surface area contributed by atoms with Crippen LogP contribution in [-0.2, 0) is 16.0 Å². The number of alkyl carbamates (subject to hydrolysis) is 1. The highest BCUT2D eigenvalue weighted by atomic mass is 32.1. The van der Waals surface area contributed by atoms with Gasteiger partial charge < -0.3 is 15.2 Å². The Morgan fingerprint density at radius 2 is 1.66 bits per heavy atom. The van der Waals surface area contributed by atoms with Crippen molar-refractivity contribution >= 4 is 23.4 Å².